The van der Waals surface area contributed by atoms with Gasteiger partial charge < -0.3 is 9.80 Å². The molecule has 0 N–H and O–H groups in total. The van der Waals surface area contributed by atoms with Crippen LogP contribution in [-0.2, 0) is 0 Å². The van der Waals surface area contributed by atoms with Gasteiger partial charge in [0.15, 0.2) is 0 Å². The summed E-state index contributed by atoms with van der Waals surface area (Å²) in [6.45, 7) is 0. The molecule has 1 aliphatic heterocycles. The van der Waals surface area contributed by atoms with E-state index in [0.717, 1.165) is 20.6 Å². The van der Waals surface area contributed by atoms with E-state index < -0.39 is 0 Å². The molecule has 23 heavy (non-hydrogen) atoms. The van der Waals surface area contributed by atoms with Crippen molar-refractivity contribution in [3.63, 3.8) is 0 Å². The van der Waals surface area contributed by atoms with Gasteiger partial charge in [-0.15, -0.1) is 0 Å². The highest BCUT2D eigenvalue weighted by Gasteiger charge is 2.35. The molecule has 0 aliphatic carbocycles. The quantitative estimate of drug-likeness (QED) is 0.539. The van der Waals surface area contributed by atoms with Crippen LogP contribution in [0.3, 0.4) is 0 Å². The highest BCUT2D eigenvalue weighted by Crippen LogP contribution is 2.48. The van der Waals surface area contributed by atoms with Gasteiger partial charge in [0.1, 0.15) is 10.4 Å². The molecule has 2 aromatic carbocycles. The van der Waals surface area contributed by atoms with E-state index in [1.165, 1.54) is 5.56 Å². The normalized spacial score (nSPS) is 19.4. The van der Waals surface area contributed by atoms with E-state index in [2.05, 4.69) is 35.4 Å². The molecular formula is C18H17ClN2S2. The minimum Gasteiger partial charge on any atom is -0.383 e. The first-order valence-corrected chi connectivity index (χ1v) is 8.92. The Balaban J connectivity index is 2.04. The molecule has 0 amide bonds. The average Bonchev–Trinajstić information content (AvgIpc) is 2.85. The van der Waals surface area contributed by atoms with Crippen LogP contribution in [0.15, 0.2) is 65.7 Å². The number of anilines is 1. The van der Waals surface area contributed by atoms with E-state index in [-0.39, 0.29) is 5.37 Å². The first-order chi connectivity index (χ1) is 11.1. The van der Waals surface area contributed by atoms with Gasteiger partial charge in [0.05, 0.1) is 4.91 Å². The second-order valence-corrected chi connectivity index (χ2v) is 7.43. The van der Waals surface area contributed by atoms with Gasteiger partial charge in [-0.05, 0) is 29.8 Å². The summed E-state index contributed by atoms with van der Waals surface area (Å²) in [6, 6.07) is 18.3. The van der Waals surface area contributed by atoms with E-state index in [0.29, 0.717) is 0 Å². The molecule has 1 heterocycles. The van der Waals surface area contributed by atoms with Crippen molar-refractivity contribution in [1.29, 1.82) is 0 Å². The molecule has 3 rings (SSSR count). The SMILES string of the molecule is CN(C)/C=C1/SC(c2ccc(Cl)cc2)N(c2ccccc2)C1=S. The van der Waals surface area contributed by atoms with Crippen LogP contribution in [0.5, 0.6) is 0 Å². The topological polar surface area (TPSA) is 6.48 Å². The van der Waals surface area contributed by atoms with Gasteiger partial charge >= 0.3 is 0 Å². The van der Waals surface area contributed by atoms with E-state index >= 15 is 0 Å². The van der Waals surface area contributed by atoms with E-state index in [4.69, 9.17) is 23.8 Å². The Labute approximate surface area is 151 Å². The van der Waals surface area contributed by atoms with Crippen LogP contribution in [0.2, 0.25) is 5.02 Å². The number of nitrogens with zero attached hydrogens (tertiary/aromatic N) is 2. The van der Waals surface area contributed by atoms with E-state index in [1.807, 2.05) is 49.3 Å². The van der Waals surface area contributed by atoms with Crippen LogP contribution in [0.25, 0.3) is 0 Å². The van der Waals surface area contributed by atoms with Gasteiger partial charge in [-0.25, -0.2) is 0 Å². The second-order valence-electron chi connectivity index (χ2n) is 5.49. The summed E-state index contributed by atoms with van der Waals surface area (Å²) in [5.41, 5.74) is 2.29. The van der Waals surface area contributed by atoms with Gasteiger partial charge in [0, 0.05) is 31.0 Å². The number of halogens is 1. The van der Waals surface area contributed by atoms with Gasteiger partial charge in [-0.1, -0.05) is 65.9 Å². The number of hydrogen-bond acceptors (Lipinski definition) is 3. The fourth-order valence-electron chi connectivity index (χ4n) is 2.45. The fourth-order valence-corrected chi connectivity index (χ4v) is 4.39. The van der Waals surface area contributed by atoms with Crippen molar-refractivity contribution in [2.24, 2.45) is 0 Å². The monoisotopic (exact) mass is 360 g/mol. The first-order valence-electron chi connectivity index (χ1n) is 7.25. The van der Waals surface area contributed by atoms with Crippen LogP contribution < -0.4 is 4.90 Å². The largest absolute Gasteiger partial charge is 0.383 e. The predicted molar refractivity (Wildman–Crippen MR) is 105 cm³/mol. The zero-order chi connectivity index (χ0) is 16.4. The van der Waals surface area contributed by atoms with Crippen molar-refractivity contribution in [3.8, 4) is 0 Å². The van der Waals surface area contributed by atoms with Crippen molar-refractivity contribution >= 4 is 46.3 Å². The molecule has 1 saturated heterocycles. The van der Waals surface area contributed by atoms with E-state index in [1.54, 1.807) is 11.8 Å². The number of rotatable bonds is 3. The third kappa shape index (κ3) is 3.55. The molecule has 2 nitrogen and oxygen atoms in total. The first kappa shape index (κ1) is 16.4. The molecule has 1 aliphatic rings. The van der Waals surface area contributed by atoms with Gasteiger partial charge in [-0.2, -0.15) is 0 Å². The Morgan fingerprint density at radius 3 is 2.35 bits per heavy atom. The Morgan fingerprint density at radius 2 is 1.74 bits per heavy atom. The van der Waals surface area contributed by atoms with Crippen LogP contribution >= 0.6 is 35.6 Å². The van der Waals surface area contributed by atoms with E-state index in [9.17, 15) is 0 Å². The minimum absolute atomic E-state index is 0.119. The fraction of sp³-hybridized carbons (Fsp3) is 0.167. The number of thioether (sulfide) groups is 1. The summed E-state index contributed by atoms with van der Waals surface area (Å²) in [7, 11) is 4.03. The Hall–Kier alpha value is -1.49. The zero-order valence-electron chi connectivity index (χ0n) is 12.9. The summed E-state index contributed by atoms with van der Waals surface area (Å²) in [4.78, 5) is 6.20. The number of para-hydroxylation sites is 1. The molecule has 0 aromatic heterocycles. The zero-order valence-corrected chi connectivity index (χ0v) is 15.3. The summed E-state index contributed by atoms with van der Waals surface area (Å²) < 4.78 is 0. The molecule has 2 aromatic rings. The van der Waals surface area contributed by atoms with Crippen molar-refractivity contribution in [2.75, 3.05) is 19.0 Å². The molecule has 0 saturated carbocycles. The maximum absolute atomic E-state index is 6.03. The smallest absolute Gasteiger partial charge is 0.122 e. The standard InChI is InChI=1S/C18H17ClN2S2/c1-20(2)12-16-17(22)21(15-6-4-3-5-7-15)18(23-16)13-8-10-14(19)11-9-13/h3-12,18H,1-2H3/b16-12+. The summed E-state index contributed by atoms with van der Waals surface area (Å²) in [6.07, 6.45) is 2.08. The molecule has 1 atom stereocenters. The van der Waals surface area contributed by atoms with Crippen LogP contribution in [0.4, 0.5) is 5.69 Å². The Morgan fingerprint density at radius 1 is 1.09 bits per heavy atom. The molecule has 0 bridgehead atoms. The molecule has 0 radical (unpaired) electrons. The number of hydrogen-bond donors (Lipinski definition) is 0. The van der Waals surface area contributed by atoms with Crippen LogP contribution in [-0.4, -0.2) is 24.0 Å². The van der Waals surface area contributed by atoms with Gasteiger partial charge in [0.2, 0.25) is 0 Å². The molecule has 0 spiro atoms. The van der Waals surface area contributed by atoms with Crippen molar-refractivity contribution in [2.45, 2.75) is 5.37 Å². The lowest BCUT2D eigenvalue weighted by molar-refractivity contribution is 0.563. The summed E-state index contributed by atoms with van der Waals surface area (Å²) >= 11 is 13.6. The highest BCUT2D eigenvalue weighted by atomic mass is 35.5. The third-order valence-electron chi connectivity index (χ3n) is 3.47. The van der Waals surface area contributed by atoms with Crippen molar-refractivity contribution in [1.82, 2.24) is 4.90 Å². The number of thiocarbonyl (C=S) groups is 1. The second kappa shape index (κ2) is 6.95. The molecule has 118 valence electrons. The van der Waals surface area contributed by atoms with Gasteiger partial charge in [0.25, 0.3) is 0 Å². The lowest BCUT2D eigenvalue weighted by Gasteiger charge is -2.25. The summed E-state index contributed by atoms with van der Waals surface area (Å²) in [5.74, 6) is 0. The van der Waals surface area contributed by atoms with Crippen LogP contribution in [0.1, 0.15) is 10.9 Å². The highest BCUT2D eigenvalue weighted by molar-refractivity contribution is 8.06. The van der Waals surface area contributed by atoms with Crippen LogP contribution in [0, 0.1) is 0 Å². The minimum atomic E-state index is 0.119. The molecule has 5 heteroatoms. The Kier molecular flexibility index (Phi) is 4.95. The molecule has 1 unspecified atom stereocenters. The Bertz CT molecular complexity index is 726. The average molecular weight is 361 g/mol. The molecule has 1 fully saturated rings. The summed E-state index contributed by atoms with van der Waals surface area (Å²) in [5, 5.41) is 0.864. The maximum atomic E-state index is 6.03. The van der Waals surface area contributed by atoms with Crippen molar-refractivity contribution < 1.29 is 0 Å². The lowest BCUT2D eigenvalue weighted by atomic mass is 10.2. The maximum Gasteiger partial charge on any atom is 0.122 e. The van der Waals surface area contributed by atoms with Gasteiger partial charge in [-0.3, -0.25) is 0 Å². The molecular weight excluding hydrogens is 344 g/mol. The predicted octanol–water partition coefficient (Wildman–Crippen LogP) is 5.32. The lowest BCUT2D eigenvalue weighted by Crippen LogP contribution is -2.26. The third-order valence-corrected chi connectivity index (χ3v) is 5.52. The van der Waals surface area contributed by atoms with Crippen molar-refractivity contribution in [3.05, 3.63) is 76.3 Å². The number of benzene rings is 2.